The molecule has 2 nitrogen and oxygen atoms in total. The number of para-hydroxylation sites is 1. The van der Waals surface area contributed by atoms with E-state index in [1.54, 1.807) is 0 Å². The van der Waals surface area contributed by atoms with Gasteiger partial charge in [-0.15, -0.1) is 11.3 Å². The minimum Gasteiger partial charge on any atom is -0.309 e. The maximum absolute atomic E-state index is 4.60. The van der Waals surface area contributed by atoms with Crippen molar-refractivity contribution < 1.29 is 0 Å². The highest BCUT2D eigenvalue weighted by molar-refractivity contribution is 7.24. The number of hydrogen-bond acceptors (Lipinski definition) is 2. The molecule has 0 amide bonds. The third kappa shape index (κ3) is 3.59. The fourth-order valence-corrected chi connectivity index (χ4v) is 7.29. The summed E-state index contributed by atoms with van der Waals surface area (Å²) < 4.78 is 3.73. The first-order chi connectivity index (χ1) is 19.9. The molecule has 5 aromatic carbocycles. The Morgan fingerprint density at radius 3 is 2.05 bits per heavy atom. The molecule has 0 fully saturated rings. The van der Waals surface area contributed by atoms with Crippen LogP contribution in [0.3, 0.4) is 0 Å². The second kappa shape index (κ2) is 9.33. The van der Waals surface area contributed by atoms with Gasteiger partial charge in [-0.2, -0.15) is 0 Å². The topological polar surface area (TPSA) is 17.8 Å². The molecule has 0 N–H and O–H groups in total. The number of aromatic nitrogens is 2. The van der Waals surface area contributed by atoms with Gasteiger partial charge in [0.2, 0.25) is 0 Å². The summed E-state index contributed by atoms with van der Waals surface area (Å²) in [6.45, 7) is 0. The lowest BCUT2D eigenvalue weighted by molar-refractivity contribution is 1.18. The Hall–Kier alpha value is -4.99. The van der Waals surface area contributed by atoms with Crippen LogP contribution in [0, 0.1) is 0 Å². The van der Waals surface area contributed by atoms with E-state index >= 15 is 0 Å². The first-order valence-corrected chi connectivity index (χ1v) is 14.3. The zero-order valence-electron chi connectivity index (χ0n) is 21.7. The predicted octanol–water partition coefficient (Wildman–Crippen LogP) is 10.4. The molecule has 0 spiro atoms. The van der Waals surface area contributed by atoms with Gasteiger partial charge in [-0.05, 0) is 47.5 Å². The molecular formula is C37H24N2S. The zero-order chi connectivity index (χ0) is 26.5. The second-order valence-electron chi connectivity index (χ2n) is 9.99. The van der Waals surface area contributed by atoms with E-state index in [0.29, 0.717) is 0 Å². The normalized spacial score (nSPS) is 11.5. The van der Waals surface area contributed by atoms with Gasteiger partial charge in [-0.25, -0.2) is 0 Å². The molecule has 0 aliphatic rings. The minimum absolute atomic E-state index is 0.978. The smallest absolute Gasteiger partial charge is 0.0702 e. The molecule has 0 unspecified atom stereocenters. The fourth-order valence-electron chi connectivity index (χ4n) is 5.91. The van der Waals surface area contributed by atoms with Crippen molar-refractivity contribution in [2.75, 3.05) is 0 Å². The first-order valence-electron chi connectivity index (χ1n) is 13.5. The zero-order valence-corrected chi connectivity index (χ0v) is 22.5. The number of benzene rings is 5. The maximum atomic E-state index is 4.60. The molecule has 0 atom stereocenters. The van der Waals surface area contributed by atoms with Gasteiger partial charge >= 0.3 is 0 Å². The Morgan fingerprint density at radius 2 is 1.25 bits per heavy atom. The summed E-state index contributed by atoms with van der Waals surface area (Å²) in [4.78, 5) is 5.91. The minimum atomic E-state index is 0.978. The Bertz CT molecular complexity index is 2140. The quantitative estimate of drug-likeness (QED) is 0.222. The lowest BCUT2D eigenvalue weighted by Gasteiger charge is -2.10. The molecule has 0 saturated carbocycles. The number of fused-ring (bicyclic) bond motifs is 5. The van der Waals surface area contributed by atoms with Crippen molar-refractivity contribution in [3.05, 3.63) is 146 Å². The summed E-state index contributed by atoms with van der Waals surface area (Å²) >= 11 is 1.90. The molecule has 0 aliphatic heterocycles. The molecule has 3 aromatic heterocycles. The van der Waals surface area contributed by atoms with E-state index in [1.165, 1.54) is 53.5 Å². The van der Waals surface area contributed by atoms with Crippen molar-refractivity contribution >= 4 is 43.2 Å². The SMILES string of the molecule is c1ccc(-c2sc3c(ccc4c3c3ccccc3n4-c3cccc(-c4ccccn4)c3)c2-c2ccccc2)cc1. The van der Waals surface area contributed by atoms with Crippen LogP contribution in [-0.2, 0) is 0 Å². The van der Waals surface area contributed by atoms with Crippen LogP contribution < -0.4 is 0 Å². The van der Waals surface area contributed by atoms with E-state index in [9.17, 15) is 0 Å². The third-order valence-electron chi connectivity index (χ3n) is 7.65. The van der Waals surface area contributed by atoms with E-state index in [1.807, 2.05) is 29.7 Å². The van der Waals surface area contributed by atoms with Gasteiger partial charge in [0.1, 0.15) is 0 Å². The Balaban J connectivity index is 1.46. The number of rotatable bonds is 4. The van der Waals surface area contributed by atoms with Crippen LogP contribution >= 0.6 is 11.3 Å². The lowest BCUT2D eigenvalue weighted by atomic mass is 9.98. The number of thiophene rings is 1. The number of pyridine rings is 1. The summed E-state index contributed by atoms with van der Waals surface area (Å²) in [6.07, 6.45) is 1.85. The van der Waals surface area contributed by atoms with Crippen LogP contribution in [0.4, 0.5) is 0 Å². The van der Waals surface area contributed by atoms with E-state index < -0.39 is 0 Å². The van der Waals surface area contributed by atoms with Crippen LogP contribution in [-0.4, -0.2) is 9.55 Å². The highest BCUT2D eigenvalue weighted by atomic mass is 32.1. The summed E-state index contributed by atoms with van der Waals surface area (Å²) in [6, 6.07) is 49.8. The van der Waals surface area contributed by atoms with E-state index in [4.69, 9.17) is 0 Å². The number of nitrogens with zero attached hydrogens (tertiary/aromatic N) is 2. The van der Waals surface area contributed by atoms with Gasteiger partial charge in [-0.1, -0.05) is 103 Å². The molecule has 188 valence electrons. The average Bonchev–Trinajstić information content (AvgIpc) is 3.59. The van der Waals surface area contributed by atoms with Gasteiger partial charge in [0.15, 0.2) is 0 Å². The summed E-state index contributed by atoms with van der Waals surface area (Å²) in [7, 11) is 0. The lowest BCUT2D eigenvalue weighted by Crippen LogP contribution is -1.94. The Morgan fingerprint density at radius 1 is 0.525 bits per heavy atom. The predicted molar refractivity (Wildman–Crippen MR) is 170 cm³/mol. The van der Waals surface area contributed by atoms with Gasteiger partial charge in [0.25, 0.3) is 0 Å². The van der Waals surface area contributed by atoms with Gasteiger partial charge < -0.3 is 4.57 Å². The van der Waals surface area contributed by atoms with Gasteiger partial charge in [0.05, 0.1) is 16.7 Å². The molecule has 0 saturated heterocycles. The molecular weight excluding hydrogens is 504 g/mol. The van der Waals surface area contributed by atoms with Gasteiger partial charge in [-0.3, -0.25) is 4.98 Å². The fraction of sp³-hybridized carbons (Fsp3) is 0. The van der Waals surface area contributed by atoms with Crippen molar-refractivity contribution in [2.45, 2.75) is 0 Å². The Kier molecular flexibility index (Phi) is 5.35. The second-order valence-corrected chi connectivity index (χ2v) is 11.0. The van der Waals surface area contributed by atoms with E-state index in [0.717, 1.165) is 16.9 Å². The first kappa shape index (κ1) is 22.9. The van der Waals surface area contributed by atoms with Crippen LogP contribution in [0.25, 0.3) is 70.4 Å². The summed E-state index contributed by atoms with van der Waals surface area (Å²) in [5.74, 6) is 0. The molecule has 8 aromatic rings. The number of hydrogen-bond donors (Lipinski definition) is 0. The van der Waals surface area contributed by atoms with Crippen LogP contribution in [0.1, 0.15) is 0 Å². The van der Waals surface area contributed by atoms with Gasteiger partial charge in [0, 0.05) is 48.7 Å². The molecule has 0 radical (unpaired) electrons. The van der Waals surface area contributed by atoms with Crippen molar-refractivity contribution in [1.82, 2.24) is 9.55 Å². The van der Waals surface area contributed by atoms with E-state index in [-0.39, 0.29) is 0 Å². The third-order valence-corrected chi connectivity index (χ3v) is 8.93. The van der Waals surface area contributed by atoms with Crippen molar-refractivity contribution in [3.8, 4) is 38.5 Å². The standard InChI is InChI=1S/C37H24N2S/c1-3-12-25(13-4-1)34-30-21-22-33-35(37(30)40-36(34)26-14-5-2-6-15-26)29-18-7-8-20-32(29)39(33)28-17-11-16-27(24-28)31-19-9-10-23-38-31/h1-24H. The summed E-state index contributed by atoms with van der Waals surface area (Å²) in [5, 5.41) is 3.88. The Labute approximate surface area is 236 Å². The largest absolute Gasteiger partial charge is 0.309 e. The monoisotopic (exact) mass is 528 g/mol. The molecule has 0 aliphatic carbocycles. The van der Waals surface area contributed by atoms with Crippen molar-refractivity contribution in [1.29, 1.82) is 0 Å². The molecule has 3 heteroatoms. The van der Waals surface area contributed by atoms with Crippen LogP contribution in [0.15, 0.2) is 146 Å². The molecule has 3 heterocycles. The highest BCUT2D eigenvalue weighted by Gasteiger charge is 2.21. The molecule has 0 bridgehead atoms. The molecule has 40 heavy (non-hydrogen) atoms. The maximum Gasteiger partial charge on any atom is 0.0702 e. The van der Waals surface area contributed by atoms with Crippen molar-refractivity contribution in [3.63, 3.8) is 0 Å². The average molecular weight is 529 g/mol. The van der Waals surface area contributed by atoms with Crippen LogP contribution in [0.5, 0.6) is 0 Å². The molecule has 8 rings (SSSR count). The highest BCUT2D eigenvalue weighted by Crippen LogP contribution is 2.49. The van der Waals surface area contributed by atoms with Crippen LogP contribution in [0.2, 0.25) is 0 Å². The summed E-state index contributed by atoms with van der Waals surface area (Å²) in [5.41, 5.74) is 9.46. The van der Waals surface area contributed by atoms with Crippen molar-refractivity contribution in [2.24, 2.45) is 0 Å². The van der Waals surface area contributed by atoms with E-state index in [2.05, 4.69) is 137 Å².